The van der Waals surface area contributed by atoms with Crippen LogP contribution in [-0.2, 0) is 4.79 Å². The molecular formula is C15H28N4O. The number of hydrogen-bond donors (Lipinski definition) is 2. The zero-order valence-corrected chi connectivity index (χ0v) is 12.8. The Hall–Kier alpha value is -0.650. The number of nitrogens with two attached hydrogens (primary N) is 1. The van der Waals surface area contributed by atoms with E-state index in [1.807, 2.05) is 7.05 Å². The molecule has 0 spiro atoms. The van der Waals surface area contributed by atoms with Gasteiger partial charge in [-0.25, -0.2) is 0 Å². The second kappa shape index (κ2) is 5.28. The molecule has 5 heteroatoms. The van der Waals surface area contributed by atoms with Gasteiger partial charge in [-0.05, 0) is 58.7 Å². The van der Waals surface area contributed by atoms with Crippen LogP contribution in [0.15, 0.2) is 0 Å². The maximum absolute atomic E-state index is 12.0. The number of likely N-dealkylation sites (N-methyl/N-ethyl adjacent to an activating group) is 2. The van der Waals surface area contributed by atoms with Crippen LogP contribution in [0.2, 0.25) is 0 Å². The van der Waals surface area contributed by atoms with Crippen LogP contribution in [0, 0.1) is 5.92 Å². The fourth-order valence-electron chi connectivity index (χ4n) is 4.27. The van der Waals surface area contributed by atoms with E-state index >= 15 is 0 Å². The zero-order valence-electron chi connectivity index (χ0n) is 12.8. The third-order valence-electron chi connectivity index (χ3n) is 5.87. The Morgan fingerprint density at radius 2 is 1.95 bits per heavy atom. The van der Waals surface area contributed by atoms with Gasteiger partial charge in [-0.15, -0.1) is 0 Å². The number of nitrogens with one attached hydrogen (secondary N) is 1. The highest BCUT2D eigenvalue weighted by Crippen LogP contribution is 2.40. The number of hydrogen-bond acceptors (Lipinski definition) is 4. The van der Waals surface area contributed by atoms with E-state index in [2.05, 4.69) is 22.2 Å². The van der Waals surface area contributed by atoms with E-state index in [1.54, 1.807) is 0 Å². The molecule has 20 heavy (non-hydrogen) atoms. The van der Waals surface area contributed by atoms with Gasteiger partial charge >= 0.3 is 0 Å². The third kappa shape index (κ3) is 2.36. The van der Waals surface area contributed by atoms with Crippen molar-refractivity contribution in [1.29, 1.82) is 0 Å². The average Bonchev–Trinajstić information content (AvgIpc) is 3.18. The number of fused-ring (bicyclic) bond motifs is 2. The van der Waals surface area contributed by atoms with Gasteiger partial charge in [-0.1, -0.05) is 0 Å². The standard InChI is InChI=1S/C15H28N4O/c1-17-15(14(16)20,11-3-4-11)10-19-8-7-12-5-6-13(9-19)18(12)2/h11-13,17H,3-10H2,1-2H3,(H2,16,20). The van der Waals surface area contributed by atoms with Gasteiger partial charge in [-0.3, -0.25) is 14.6 Å². The average molecular weight is 280 g/mol. The molecule has 5 nitrogen and oxygen atoms in total. The van der Waals surface area contributed by atoms with Crippen LogP contribution < -0.4 is 11.1 Å². The van der Waals surface area contributed by atoms with E-state index in [-0.39, 0.29) is 5.91 Å². The SMILES string of the molecule is CNC(CN1CCC2CCC(C1)N2C)(C(N)=O)C1CC1. The number of rotatable bonds is 5. The van der Waals surface area contributed by atoms with Crippen molar-refractivity contribution in [2.45, 2.75) is 49.7 Å². The molecule has 2 heterocycles. The van der Waals surface area contributed by atoms with Crippen molar-refractivity contribution in [2.24, 2.45) is 11.7 Å². The summed E-state index contributed by atoms with van der Waals surface area (Å²) in [5, 5.41) is 3.27. The van der Waals surface area contributed by atoms with Gasteiger partial charge < -0.3 is 11.1 Å². The van der Waals surface area contributed by atoms with Crippen molar-refractivity contribution in [3.63, 3.8) is 0 Å². The minimum absolute atomic E-state index is 0.176. The number of likely N-dealkylation sites (tertiary alicyclic amines) is 1. The van der Waals surface area contributed by atoms with E-state index in [1.165, 1.54) is 19.3 Å². The molecular weight excluding hydrogens is 252 g/mol. The molecule has 0 radical (unpaired) electrons. The topological polar surface area (TPSA) is 61.6 Å². The number of carbonyl (C=O) groups is 1. The summed E-state index contributed by atoms with van der Waals surface area (Å²) in [5.74, 6) is 0.258. The number of carbonyl (C=O) groups excluding carboxylic acids is 1. The Labute approximate surface area is 121 Å². The second-order valence-corrected chi connectivity index (χ2v) is 6.93. The van der Waals surface area contributed by atoms with Crippen LogP contribution in [0.4, 0.5) is 0 Å². The first kappa shape index (κ1) is 14.3. The molecule has 0 aromatic heterocycles. The molecule has 3 aliphatic rings. The summed E-state index contributed by atoms with van der Waals surface area (Å²) >= 11 is 0. The Morgan fingerprint density at radius 3 is 2.55 bits per heavy atom. The first-order chi connectivity index (χ1) is 9.56. The van der Waals surface area contributed by atoms with Gasteiger partial charge in [0.05, 0.1) is 0 Å². The molecule has 1 aliphatic carbocycles. The van der Waals surface area contributed by atoms with E-state index in [0.29, 0.717) is 12.0 Å². The maximum Gasteiger partial charge on any atom is 0.239 e. The number of nitrogens with zero attached hydrogens (tertiary/aromatic N) is 2. The molecule has 0 aromatic carbocycles. The van der Waals surface area contributed by atoms with Crippen LogP contribution in [0.5, 0.6) is 0 Å². The molecule has 114 valence electrons. The summed E-state index contributed by atoms with van der Waals surface area (Å²) in [7, 11) is 4.14. The third-order valence-corrected chi connectivity index (χ3v) is 5.87. The minimum Gasteiger partial charge on any atom is -0.368 e. The molecule has 3 fully saturated rings. The Kier molecular flexibility index (Phi) is 3.77. The van der Waals surface area contributed by atoms with Crippen molar-refractivity contribution in [3.8, 4) is 0 Å². The molecule has 3 N–H and O–H groups in total. The Bertz CT molecular complexity index is 384. The van der Waals surface area contributed by atoms with Gasteiger partial charge in [0.25, 0.3) is 0 Å². The molecule has 2 aliphatic heterocycles. The van der Waals surface area contributed by atoms with Gasteiger partial charge in [-0.2, -0.15) is 0 Å². The first-order valence-corrected chi connectivity index (χ1v) is 8.00. The lowest BCUT2D eigenvalue weighted by atomic mass is 9.91. The largest absolute Gasteiger partial charge is 0.368 e. The summed E-state index contributed by atoms with van der Waals surface area (Å²) in [5.41, 5.74) is 5.23. The summed E-state index contributed by atoms with van der Waals surface area (Å²) < 4.78 is 0. The monoisotopic (exact) mass is 280 g/mol. The number of amides is 1. The van der Waals surface area contributed by atoms with Gasteiger partial charge in [0, 0.05) is 25.2 Å². The highest BCUT2D eigenvalue weighted by molar-refractivity contribution is 5.86. The molecule has 2 saturated heterocycles. The lowest BCUT2D eigenvalue weighted by Crippen LogP contribution is -2.62. The molecule has 1 amide bonds. The van der Waals surface area contributed by atoms with E-state index in [4.69, 9.17) is 5.73 Å². The van der Waals surface area contributed by atoms with Gasteiger partial charge in [0.2, 0.25) is 5.91 Å². The lowest BCUT2D eigenvalue weighted by molar-refractivity contribution is -0.126. The van der Waals surface area contributed by atoms with E-state index < -0.39 is 5.54 Å². The normalized spacial score (nSPS) is 34.7. The highest BCUT2D eigenvalue weighted by atomic mass is 16.1. The zero-order chi connectivity index (χ0) is 14.3. The molecule has 3 rings (SSSR count). The number of primary amides is 1. The molecule has 1 saturated carbocycles. The Balaban J connectivity index is 1.71. The van der Waals surface area contributed by atoms with E-state index in [9.17, 15) is 4.79 Å². The first-order valence-electron chi connectivity index (χ1n) is 8.00. The van der Waals surface area contributed by atoms with Crippen molar-refractivity contribution < 1.29 is 4.79 Å². The van der Waals surface area contributed by atoms with E-state index in [0.717, 1.165) is 38.5 Å². The lowest BCUT2D eigenvalue weighted by Gasteiger charge is -2.37. The smallest absolute Gasteiger partial charge is 0.239 e. The van der Waals surface area contributed by atoms with Crippen molar-refractivity contribution in [1.82, 2.24) is 15.1 Å². The molecule has 2 bridgehead atoms. The Morgan fingerprint density at radius 1 is 1.25 bits per heavy atom. The van der Waals surface area contributed by atoms with Crippen LogP contribution in [0.25, 0.3) is 0 Å². The van der Waals surface area contributed by atoms with Gasteiger partial charge in [0.1, 0.15) is 5.54 Å². The summed E-state index contributed by atoms with van der Waals surface area (Å²) in [6.07, 6.45) is 6.11. The highest BCUT2D eigenvalue weighted by Gasteiger charge is 2.50. The quantitative estimate of drug-likeness (QED) is 0.745. The molecule has 3 unspecified atom stereocenters. The maximum atomic E-state index is 12.0. The summed E-state index contributed by atoms with van der Waals surface area (Å²) in [4.78, 5) is 17.1. The fraction of sp³-hybridized carbons (Fsp3) is 0.933. The van der Waals surface area contributed by atoms with Crippen LogP contribution >= 0.6 is 0 Å². The van der Waals surface area contributed by atoms with Crippen LogP contribution in [0.3, 0.4) is 0 Å². The summed E-state index contributed by atoms with van der Waals surface area (Å²) in [6.45, 7) is 2.95. The van der Waals surface area contributed by atoms with Crippen LogP contribution in [-0.4, -0.2) is 67.1 Å². The molecule has 3 atom stereocenters. The predicted octanol–water partition coefficient (Wildman–Crippen LogP) is 0.00840. The van der Waals surface area contributed by atoms with Gasteiger partial charge in [0.15, 0.2) is 0 Å². The fourth-order valence-corrected chi connectivity index (χ4v) is 4.27. The minimum atomic E-state index is -0.512. The second-order valence-electron chi connectivity index (χ2n) is 6.93. The van der Waals surface area contributed by atoms with Crippen molar-refractivity contribution in [2.75, 3.05) is 33.7 Å². The predicted molar refractivity (Wildman–Crippen MR) is 79.3 cm³/mol. The van der Waals surface area contributed by atoms with Crippen molar-refractivity contribution in [3.05, 3.63) is 0 Å². The van der Waals surface area contributed by atoms with Crippen molar-refractivity contribution >= 4 is 5.91 Å². The molecule has 0 aromatic rings. The van der Waals surface area contributed by atoms with Crippen LogP contribution in [0.1, 0.15) is 32.1 Å². The summed E-state index contributed by atoms with van der Waals surface area (Å²) in [6, 6.07) is 1.40.